The Kier molecular flexibility index (Phi) is 6.73. The number of likely N-dealkylation sites (N-methyl/N-ethyl adjacent to an activating group) is 1. The number of anilines is 1. The summed E-state index contributed by atoms with van der Waals surface area (Å²) in [6.07, 6.45) is 2.19. The quantitative estimate of drug-likeness (QED) is 0.456. The van der Waals surface area contributed by atoms with Crippen molar-refractivity contribution in [2.75, 3.05) is 32.2 Å². The third-order valence-corrected chi connectivity index (χ3v) is 7.09. The monoisotopic (exact) mass is 465 g/mol. The SMILES string of the molecule is CCC(CC)c1cc(C)nn2c(-c3sc(N(C)CCOC)nc3Br)c(C)nc12. The van der Waals surface area contributed by atoms with Crippen LogP contribution in [0.3, 0.4) is 0 Å². The number of fused-ring (bicyclic) bond motifs is 1. The number of imidazole rings is 1. The van der Waals surface area contributed by atoms with E-state index in [4.69, 9.17) is 19.8 Å². The second-order valence-corrected chi connectivity index (χ2v) is 8.80. The summed E-state index contributed by atoms with van der Waals surface area (Å²) < 4.78 is 8.03. The first-order valence-electron chi connectivity index (χ1n) is 9.64. The summed E-state index contributed by atoms with van der Waals surface area (Å²) in [5.41, 5.74) is 5.24. The van der Waals surface area contributed by atoms with Crippen LogP contribution in [0.1, 0.15) is 49.6 Å². The summed E-state index contributed by atoms with van der Waals surface area (Å²) in [6.45, 7) is 10.0. The molecule has 8 heteroatoms. The summed E-state index contributed by atoms with van der Waals surface area (Å²) in [7, 11) is 3.74. The molecule has 3 rings (SSSR count). The molecule has 3 aromatic rings. The zero-order chi connectivity index (χ0) is 20.4. The smallest absolute Gasteiger partial charge is 0.186 e. The lowest BCUT2D eigenvalue weighted by Gasteiger charge is -2.14. The molecule has 0 saturated heterocycles. The minimum absolute atomic E-state index is 0.486. The maximum atomic E-state index is 5.19. The van der Waals surface area contributed by atoms with E-state index in [0.29, 0.717) is 12.5 Å². The molecule has 0 atom stereocenters. The van der Waals surface area contributed by atoms with Crippen molar-refractivity contribution in [3.63, 3.8) is 0 Å². The van der Waals surface area contributed by atoms with E-state index in [-0.39, 0.29) is 0 Å². The number of halogens is 1. The molecule has 0 aromatic carbocycles. The van der Waals surface area contributed by atoms with Crippen LogP contribution in [-0.2, 0) is 4.74 Å². The van der Waals surface area contributed by atoms with E-state index < -0.39 is 0 Å². The third kappa shape index (κ3) is 3.95. The summed E-state index contributed by atoms with van der Waals surface area (Å²) in [6, 6.07) is 2.19. The summed E-state index contributed by atoms with van der Waals surface area (Å²) in [5.74, 6) is 0.486. The molecule has 152 valence electrons. The molecule has 0 fully saturated rings. The van der Waals surface area contributed by atoms with E-state index in [1.54, 1.807) is 18.4 Å². The number of hydrogen-bond donors (Lipinski definition) is 0. The predicted octanol–water partition coefficient (Wildman–Crippen LogP) is 5.22. The molecular formula is C20H28BrN5OS. The average Bonchev–Trinajstić information content (AvgIpc) is 3.19. The largest absolute Gasteiger partial charge is 0.383 e. The molecule has 0 spiro atoms. The van der Waals surface area contributed by atoms with Gasteiger partial charge in [0.25, 0.3) is 0 Å². The molecule has 0 bridgehead atoms. The highest BCUT2D eigenvalue weighted by Gasteiger charge is 2.23. The molecule has 0 aliphatic carbocycles. The van der Waals surface area contributed by atoms with Crippen molar-refractivity contribution < 1.29 is 4.74 Å². The van der Waals surface area contributed by atoms with Gasteiger partial charge in [0, 0.05) is 26.3 Å². The van der Waals surface area contributed by atoms with Gasteiger partial charge >= 0.3 is 0 Å². The van der Waals surface area contributed by atoms with Crippen LogP contribution >= 0.6 is 27.3 Å². The lowest BCUT2D eigenvalue weighted by atomic mass is 9.95. The molecular weight excluding hydrogens is 438 g/mol. The highest BCUT2D eigenvalue weighted by molar-refractivity contribution is 9.10. The Morgan fingerprint density at radius 1 is 1.25 bits per heavy atom. The number of aryl methyl sites for hydroxylation is 2. The van der Waals surface area contributed by atoms with Crippen molar-refractivity contribution in [1.82, 2.24) is 19.6 Å². The predicted molar refractivity (Wildman–Crippen MR) is 120 cm³/mol. The molecule has 3 aromatic heterocycles. The maximum absolute atomic E-state index is 5.19. The van der Waals surface area contributed by atoms with Crippen molar-refractivity contribution >= 4 is 38.0 Å². The summed E-state index contributed by atoms with van der Waals surface area (Å²) >= 11 is 5.31. The van der Waals surface area contributed by atoms with Gasteiger partial charge in [0.2, 0.25) is 0 Å². The Morgan fingerprint density at radius 2 is 1.96 bits per heavy atom. The molecule has 6 nitrogen and oxygen atoms in total. The molecule has 0 saturated carbocycles. The number of methoxy groups -OCH3 is 1. The van der Waals surface area contributed by atoms with E-state index in [9.17, 15) is 0 Å². The van der Waals surface area contributed by atoms with E-state index in [1.165, 1.54) is 5.56 Å². The minimum Gasteiger partial charge on any atom is -0.383 e. The van der Waals surface area contributed by atoms with Crippen LogP contribution in [0.4, 0.5) is 5.13 Å². The van der Waals surface area contributed by atoms with E-state index in [2.05, 4.69) is 54.6 Å². The second-order valence-electron chi connectivity index (χ2n) is 7.07. The Morgan fingerprint density at radius 3 is 2.61 bits per heavy atom. The summed E-state index contributed by atoms with van der Waals surface area (Å²) in [4.78, 5) is 12.8. The van der Waals surface area contributed by atoms with Gasteiger partial charge in [-0.2, -0.15) is 5.10 Å². The lowest BCUT2D eigenvalue weighted by molar-refractivity contribution is 0.206. The maximum Gasteiger partial charge on any atom is 0.186 e. The van der Waals surface area contributed by atoms with Crippen molar-refractivity contribution in [1.29, 1.82) is 0 Å². The molecule has 0 radical (unpaired) electrons. The van der Waals surface area contributed by atoms with Crippen molar-refractivity contribution in [2.24, 2.45) is 0 Å². The number of nitrogens with zero attached hydrogens (tertiary/aromatic N) is 5. The van der Waals surface area contributed by atoms with Gasteiger partial charge in [-0.15, -0.1) is 0 Å². The number of rotatable bonds is 8. The van der Waals surface area contributed by atoms with Gasteiger partial charge in [-0.1, -0.05) is 25.2 Å². The third-order valence-electron chi connectivity index (χ3n) is 5.08. The van der Waals surface area contributed by atoms with Crippen LogP contribution in [0.5, 0.6) is 0 Å². The van der Waals surface area contributed by atoms with Gasteiger partial charge in [0.1, 0.15) is 10.3 Å². The van der Waals surface area contributed by atoms with Crippen molar-refractivity contribution in [3.05, 3.63) is 27.6 Å². The Balaban J connectivity index is 2.14. The fraction of sp³-hybridized carbons (Fsp3) is 0.550. The van der Waals surface area contributed by atoms with Gasteiger partial charge in [0.15, 0.2) is 10.8 Å². The van der Waals surface area contributed by atoms with Gasteiger partial charge in [-0.3, -0.25) is 0 Å². The number of ether oxygens (including phenoxy) is 1. The van der Waals surface area contributed by atoms with Crippen LogP contribution in [0.15, 0.2) is 10.7 Å². The second kappa shape index (κ2) is 8.88. The van der Waals surface area contributed by atoms with Crippen LogP contribution in [0.2, 0.25) is 0 Å². The van der Waals surface area contributed by atoms with Gasteiger partial charge in [-0.25, -0.2) is 14.5 Å². The standard InChI is InChI=1S/C20H28BrN5OS/c1-7-14(8-2)15-11-12(3)24-26-16(13(4)22-19(15)26)17-18(21)23-20(28-17)25(5)9-10-27-6/h11,14H,7-10H2,1-6H3. The average molecular weight is 466 g/mol. The van der Waals surface area contributed by atoms with Gasteiger partial charge in [-0.05, 0) is 54.6 Å². The highest BCUT2D eigenvalue weighted by Crippen LogP contribution is 2.40. The Labute approximate surface area is 179 Å². The Bertz CT molecular complexity index is 963. The molecule has 0 amide bonds. The first-order chi connectivity index (χ1) is 13.4. The van der Waals surface area contributed by atoms with E-state index >= 15 is 0 Å². The number of thiazole rings is 1. The van der Waals surface area contributed by atoms with E-state index in [1.807, 2.05) is 11.6 Å². The first kappa shape index (κ1) is 21.2. The fourth-order valence-corrected chi connectivity index (χ4v) is 5.24. The van der Waals surface area contributed by atoms with Gasteiger partial charge < -0.3 is 9.64 Å². The summed E-state index contributed by atoms with van der Waals surface area (Å²) in [5, 5.41) is 5.75. The van der Waals surface area contributed by atoms with Crippen LogP contribution < -0.4 is 4.90 Å². The van der Waals surface area contributed by atoms with Gasteiger partial charge in [0.05, 0.1) is 22.9 Å². The van der Waals surface area contributed by atoms with Crippen LogP contribution in [-0.4, -0.2) is 46.9 Å². The fourth-order valence-electron chi connectivity index (χ4n) is 3.49. The van der Waals surface area contributed by atoms with Crippen molar-refractivity contribution in [3.8, 4) is 10.6 Å². The zero-order valence-electron chi connectivity index (χ0n) is 17.4. The zero-order valence-corrected chi connectivity index (χ0v) is 19.8. The Hall–Kier alpha value is -1.51. The molecule has 28 heavy (non-hydrogen) atoms. The van der Waals surface area contributed by atoms with Crippen LogP contribution in [0.25, 0.3) is 16.2 Å². The molecule has 0 aliphatic rings. The topological polar surface area (TPSA) is 55.5 Å². The molecule has 0 unspecified atom stereocenters. The lowest BCUT2D eigenvalue weighted by Crippen LogP contribution is -2.21. The van der Waals surface area contributed by atoms with Crippen LogP contribution in [0, 0.1) is 13.8 Å². The molecule has 0 N–H and O–H groups in total. The van der Waals surface area contributed by atoms with E-state index in [0.717, 1.165) is 56.7 Å². The normalized spacial score (nSPS) is 11.7. The van der Waals surface area contributed by atoms with Crippen molar-refractivity contribution in [2.45, 2.75) is 46.5 Å². The molecule has 0 aliphatic heterocycles. The molecule has 3 heterocycles. The highest BCUT2D eigenvalue weighted by atomic mass is 79.9. The number of hydrogen-bond acceptors (Lipinski definition) is 6. The number of aromatic nitrogens is 4. The minimum atomic E-state index is 0.486. The first-order valence-corrected chi connectivity index (χ1v) is 11.3.